The molecule has 3 rings (SSSR count). The average Bonchev–Trinajstić information content (AvgIpc) is 2.97. The lowest BCUT2D eigenvalue weighted by Crippen LogP contribution is -2.23. The predicted molar refractivity (Wildman–Crippen MR) is 81.0 cm³/mol. The van der Waals surface area contributed by atoms with Crippen LogP contribution in [0.3, 0.4) is 0 Å². The number of hydrogen-bond acceptors (Lipinski definition) is 3. The van der Waals surface area contributed by atoms with Crippen molar-refractivity contribution in [3.8, 4) is 0 Å². The summed E-state index contributed by atoms with van der Waals surface area (Å²) in [6.07, 6.45) is 6.31. The van der Waals surface area contributed by atoms with Crippen LogP contribution in [0.25, 0.3) is 0 Å². The molecule has 0 amide bonds. The number of nitrogens with zero attached hydrogens (tertiary/aromatic N) is 2. The van der Waals surface area contributed by atoms with E-state index in [0.717, 1.165) is 13.1 Å². The van der Waals surface area contributed by atoms with Crippen molar-refractivity contribution >= 4 is 0 Å². The van der Waals surface area contributed by atoms with Crippen LogP contribution < -0.4 is 5.73 Å². The minimum atomic E-state index is 0.495. The molecule has 0 radical (unpaired) electrons. The molecule has 2 heterocycles. The van der Waals surface area contributed by atoms with Gasteiger partial charge in [-0.3, -0.25) is 9.88 Å². The molecule has 0 bridgehead atoms. The van der Waals surface area contributed by atoms with E-state index in [0.29, 0.717) is 12.6 Å². The van der Waals surface area contributed by atoms with E-state index in [1.54, 1.807) is 0 Å². The summed E-state index contributed by atoms with van der Waals surface area (Å²) in [6.45, 7) is 2.74. The van der Waals surface area contributed by atoms with Crippen molar-refractivity contribution < 1.29 is 0 Å². The predicted octanol–water partition coefficient (Wildman–Crippen LogP) is 2.88. The van der Waals surface area contributed by atoms with E-state index >= 15 is 0 Å². The molecule has 1 aromatic heterocycles. The largest absolute Gasteiger partial charge is 0.326 e. The smallest absolute Gasteiger partial charge is 0.0367 e. The van der Waals surface area contributed by atoms with E-state index in [1.807, 2.05) is 18.5 Å². The Kier molecular flexibility index (Phi) is 4.09. The molecule has 1 saturated heterocycles. The van der Waals surface area contributed by atoms with Crippen LogP contribution in [0.1, 0.15) is 35.6 Å². The molecule has 1 aliphatic rings. The van der Waals surface area contributed by atoms with Gasteiger partial charge in [0.05, 0.1) is 0 Å². The topological polar surface area (TPSA) is 42.1 Å². The highest BCUT2D eigenvalue weighted by Gasteiger charge is 2.26. The number of nitrogens with two attached hydrogens (primary N) is 1. The fourth-order valence-electron chi connectivity index (χ4n) is 3.10. The lowest BCUT2D eigenvalue weighted by molar-refractivity contribution is 0.247. The third-order valence-electron chi connectivity index (χ3n) is 4.14. The maximum atomic E-state index is 5.84. The molecule has 3 heteroatoms. The highest BCUT2D eigenvalue weighted by Crippen LogP contribution is 2.33. The zero-order valence-electron chi connectivity index (χ0n) is 11.7. The van der Waals surface area contributed by atoms with Crippen molar-refractivity contribution in [2.75, 3.05) is 6.54 Å². The summed E-state index contributed by atoms with van der Waals surface area (Å²) in [5.41, 5.74) is 9.78. The maximum absolute atomic E-state index is 5.84. The zero-order valence-corrected chi connectivity index (χ0v) is 11.7. The van der Waals surface area contributed by atoms with E-state index in [4.69, 9.17) is 5.73 Å². The minimum Gasteiger partial charge on any atom is -0.326 e. The summed E-state index contributed by atoms with van der Waals surface area (Å²) in [5, 5.41) is 0. The fraction of sp³-hybridized carbons (Fsp3) is 0.353. The molecule has 1 fully saturated rings. The Hall–Kier alpha value is -1.71. The molecule has 1 aromatic carbocycles. The van der Waals surface area contributed by atoms with Gasteiger partial charge in [-0.15, -0.1) is 0 Å². The lowest BCUT2D eigenvalue weighted by Gasteiger charge is -2.25. The summed E-state index contributed by atoms with van der Waals surface area (Å²) < 4.78 is 0. The van der Waals surface area contributed by atoms with Crippen LogP contribution >= 0.6 is 0 Å². The molecule has 20 heavy (non-hydrogen) atoms. The van der Waals surface area contributed by atoms with Gasteiger partial charge in [-0.2, -0.15) is 0 Å². The van der Waals surface area contributed by atoms with Crippen LogP contribution in [-0.4, -0.2) is 16.4 Å². The number of pyridine rings is 1. The second kappa shape index (κ2) is 6.16. The Labute approximate surface area is 120 Å². The Morgan fingerprint density at radius 2 is 2.00 bits per heavy atom. The quantitative estimate of drug-likeness (QED) is 0.926. The second-order valence-corrected chi connectivity index (χ2v) is 5.39. The van der Waals surface area contributed by atoms with Gasteiger partial charge in [-0.25, -0.2) is 0 Å². The van der Waals surface area contributed by atoms with Gasteiger partial charge in [0.15, 0.2) is 0 Å². The number of benzene rings is 1. The first-order valence-electron chi connectivity index (χ1n) is 7.29. The molecule has 2 aromatic rings. The minimum absolute atomic E-state index is 0.495. The van der Waals surface area contributed by atoms with Crippen molar-refractivity contribution in [3.63, 3.8) is 0 Å². The highest BCUT2D eigenvalue weighted by atomic mass is 15.2. The Balaban J connectivity index is 1.79. The molecule has 104 valence electrons. The molecule has 3 nitrogen and oxygen atoms in total. The summed E-state index contributed by atoms with van der Waals surface area (Å²) >= 11 is 0. The van der Waals surface area contributed by atoms with E-state index in [2.05, 4.69) is 40.2 Å². The molecule has 0 saturated carbocycles. The molecule has 2 N–H and O–H groups in total. The Morgan fingerprint density at radius 3 is 2.75 bits per heavy atom. The molecule has 1 atom stereocenters. The third-order valence-corrected chi connectivity index (χ3v) is 4.14. The van der Waals surface area contributed by atoms with Crippen LogP contribution in [0.5, 0.6) is 0 Å². The van der Waals surface area contributed by atoms with Gasteiger partial charge in [0.2, 0.25) is 0 Å². The molecular formula is C17H21N3. The summed E-state index contributed by atoms with van der Waals surface area (Å²) in [4.78, 5) is 6.80. The van der Waals surface area contributed by atoms with Gasteiger partial charge in [0.1, 0.15) is 0 Å². The average molecular weight is 267 g/mol. The van der Waals surface area contributed by atoms with Gasteiger partial charge in [0.25, 0.3) is 0 Å². The van der Waals surface area contributed by atoms with Crippen LogP contribution in [0.4, 0.5) is 0 Å². The van der Waals surface area contributed by atoms with E-state index in [9.17, 15) is 0 Å². The van der Waals surface area contributed by atoms with Crippen molar-refractivity contribution in [1.29, 1.82) is 0 Å². The maximum Gasteiger partial charge on any atom is 0.0367 e. The summed E-state index contributed by atoms with van der Waals surface area (Å²) in [7, 11) is 0. The van der Waals surface area contributed by atoms with Gasteiger partial charge in [-0.1, -0.05) is 30.3 Å². The van der Waals surface area contributed by atoms with E-state index < -0.39 is 0 Å². The Bertz CT molecular complexity index is 553. The molecule has 0 spiro atoms. The van der Waals surface area contributed by atoms with Crippen molar-refractivity contribution in [3.05, 3.63) is 65.5 Å². The summed E-state index contributed by atoms with van der Waals surface area (Å²) in [5.74, 6) is 0. The second-order valence-electron chi connectivity index (χ2n) is 5.39. The highest BCUT2D eigenvalue weighted by molar-refractivity contribution is 5.27. The van der Waals surface area contributed by atoms with Crippen LogP contribution in [0.15, 0.2) is 48.8 Å². The first-order chi connectivity index (χ1) is 9.88. The van der Waals surface area contributed by atoms with Crippen molar-refractivity contribution in [2.45, 2.75) is 32.0 Å². The van der Waals surface area contributed by atoms with Gasteiger partial charge in [-0.05, 0) is 42.1 Å². The van der Waals surface area contributed by atoms with Crippen LogP contribution in [-0.2, 0) is 13.1 Å². The SMILES string of the molecule is NCc1ccccc1CN1CCCC1c1cccnc1. The lowest BCUT2D eigenvalue weighted by atomic mass is 10.0. The van der Waals surface area contributed by atoms with E-state index in [-0.39, 0.29) is 0 Å². The molecule has 1 aliphatic heterocycles. The molecule has 0 aliphatic carbocycles. The number of hydrogen-bond donors (Lipinski definition) is 1. The zero-order chi connectivity index (χ0) is 13.8. The van der Waals surface area contributed by atoms with Gasteiger partial charge < -0.3 is 5.73 Å². The van der Waals surface area contributed by atoms with Crippen molar-refractivity contribution in [2.24, 2.45) is 5.73 Å². The standard InChI is InChI=1S/C17H21N3/c18-11-14-5-1-2-6-16(14)13-20-10-4-8-17(20)15-7-3-9-19-12-15/h1-3,5-7,9,12,17H,4,8,10-11,13,18H2. The van der Waals surface area contributed by atoms with E-state index in [1.165, 1.54) is 29.5 Å². The first-order valence-corrected chi connectivity index (χ1v) is 7.29. The van der Waals surface area contributed by atoms with Crippen LogP contribution in [0, 0.1) is 0 Å². The monoisotopic (exact) mass is 267 g/mol. The molecular weight excluding hydrogens is 246 g/mol. The summed E-state index contributed by atoms with van der Waals surface area (Å²) in [6, 6.07) is 13.2. The van der Waals surface area contributed by atoms with Gasteiger partial charge in [0, 0.05) is 31.5 Å². The Morgan fingerprint density at radius 1 is 1.15 bits per heavy atom. The van der Waals surface area contributed by atoms with Crippen LogP contribution in [0.2, 0.25) is 0 Å². The fourth-order valence-corrected chi connectivity index (χ4v) is 3.10. The normalized spacial score (nSPS) is 19.4. The third kappa shape index (κ3) is 2.74. The van der Waals surface area contributed by atoms with Crippen molar-refractivity contribution in [1.82, 2.24) is 9.88 Å². The molecule has 1 unspecified atom stereocenters. The number of likely N-dealkylation sites (tertiary alicyclic amines) is 1. The number of rotatable bonds is 4. The van der Waals surface area contributed by atoms with Gasteiger partial charge >= 0.3 is 0 Å². The number of aromatic nitrogens is 1. The first kappa shape index (κ1) is 13.3.